The highest BCUT2D eigenvalue weighted by molar-refractivity contribution is 8.16. The van der Waals surface area contributed by atoms with Crippen LogP contribution < -0.4 is 9.64 Å². The molecule has 11 heteroatoms. The molecule has 0 radical (unpaired) electrons. The SMILES string of the molecule is O=C(COc1ccc(Cl)cc1)N=C1S[C@H]2CS(=O)(=O)C[C@@H]2N1c1ccc(Cl)c(F)c1. The van der Waals surface area contributed by atoms with Gasteiger partial charge in [-0.05, 0) is 42.5 Å². The predicted octanol–water partition coefficient (Wildman–Crippen LogP) is 3.81. The van der Waals surface area contributed by atoms with E-state index < -0.39 is 27.6 Å². The van der Waals surface area contributed by atoms with Gasteiger partial charge in [-0.1, -0.05) is 35.0 Å². The molecule has 158 valence electrons. The van der Waals surface area contributed by atoms with Gasteiger partial charge in [-0.2, -0.15) is 4.99 Å². The molecule has 4 rings (SSSR count). The maximum atomic E-state index is 14.0. The number of ether oxygens (including phenoxy) is 1. The van der Waals surface area contributed by atoms with E-state index in [4.69, 9.17) is 27.9 Å². The van der Waals surface area contributed by atoms with Crippen LogP contribution in [0.2, 0.25) is 10.0 Å². The molecule has 0 unspecified atom stereocenters. The van der Waals surface area contributed by atoms with E-state index >= 15 is 0 Å². The molecule has 0 saturated carbocycles. The zero-order valence-corrected chi connectivity index (χ0v) is 18.4. The van der Waals surface area contributed by atoms with Crippen molar-refractivity contribution >= 4 is 61.6 Å². The first kappa shape index (κ1) is 21.4. The Bertz CT molecular complexity index is 1130. The summed E-state index contributed by atoms with van der Waals surface area (Å²) >= 11 is 12.8. The quantitative estimate of drug-likeness (QED) is 0.650. The fraction of sp³-hybridized carbons (Fsp3) is 0.263. The van der Waals surface area contributed by atoms with Gasteiger partial charge in [-0.25, -0.2) is 12.8 Å². The number of hydrogen-bond acceptors (Lipinski definition) is 5. The summed E-state index contributed by atoms with van der Waals surface area (Å²) in [6.07, 6.45) is 0. The molecule has 0 bridgehead atoms. The maximum absolute atomic E-state index is 14.0. The highest BCUT2D eigenvalue weighted by Crippen LogP contribution is 2.41. The van der Waals surface area contributed by atoms with Crippen LogP contribution in [0.15, 0.2) is 47.5 Å². The smallest absolute Gasteiger partial charge is 0.285 e. The number of amides is 1. The van der Waals surface area contributed by atoms with Crippen molar-refractivity contribution in [2.24, 2.45) is 4.99 Å². The molecule has 2 fully saturated rings. The van der Waals surface area contributed by atoms with Crippen molar-refractivity contribution in [1.29, 1.82) is 0 Å². The second-order valence-electron chi connectivity index (χ2n) is 6.80. The minimum Gasteiger partial charge on any atom is -0.484 e. The van der Waals surface area contributed by atoms with E-state index in [1.54, 1.807) is 35.2 Å². The van der Waals surface area contributed by atoms with Crippen molar-refractivity contribution < 1.29 is 22.3 Å². The molecule has 2 aromatic carbocycles. The van der Waals surface area contributed by atoms with Gasteiger partial charge in [0.1, 0.15) is 11.6 Å². The second-order valence-corrected chi connectivity index (χ2v) is 11.0. The van der Waals surface area contributed by atoms with Gasteiger partial charge in [-0.15, -0.1) is 0 Å². The molecule has 2 saturated heterocycles. The highest BCUT2D eigenvalue weighted by Gasteiger charge is 2.49. The average Bonchev–Trinajstić information content (AvgIpc) is 3.14. The number of carbonyl (C=O) groups is 1. The lowest BCUT2D eigenvalue weighted by Crippen LogP contribution is -2.38. The van der Waals surface area contributed by atoms with Crippen LogP contribution in [-0.2, 0) is 14.6 Å². The van der Waals surface area contributed by atoms with E-state index in [1.165, 1.54) is 23.9 Å². The first-order valence-corrected chi connectivity index (χ1v) is 12.3. The summed E-state index contributed by atoms with van der Waals surface area (Å²) in [5.41, 5.74) is 0.388. The molecule has 2 atom stereocenters. The summed E-state index contributed by atoms with van der Waals surface area (Å²) in [5.74, 6) is -0.839. The fourth-order valence-electron chi connectivity index (χ4n) is 3.32. The Labute approximate surface area is 186 Å². The van der Waals surface area contributed by atoms with E-state index in [-0.39, 0.29) is 28.4 Å². The number of halogens is 3. The molecule has 2 aliphatic rings. The molecule has 2 aliphatic heterocycles. The minimum absolute atomic E-state index is 0.0244. The number of fused-ring (bicyclic) bond motifs is 1. The van der Waals surface area contributed by atoms with Gasteiger partial charge >= 0.3 is 0 Å². The Kier molecular flexibility index (Phi) is 5.98. The first-order chi connectivity index (χ1) is 14.2. The number of aliphatic imine (C=N–C) groups is 1. The van der Waals surface area contributed by atoms with Crippen molar-refractivity contribution in [2.75, 3.05) is 23.0 Å². The number of amidine groups is 1. The summed E-state index contributed by atoms with van der Waals surface area (Å²) in [6, 6.07) is 10.3. The normalized spacial score (nSPS) is 23.6. The highest BCUT2D eigenvalue weighted by atomic mass is 35.5. The van der Waals surface area contributed by atoms with E-state index in [0.29, 0.717) is 21.6 Å². The lowest BCUT2D eigenvalue weighted by molar-refractivity contribution is -0.119. The van der Waals surface area contributed by atoms with Gasteiger partial charge < -0.3 is 9.64 Å². The third-order valence-electron chi connectivity index (χ3n) is 4.64. The number of sulfone groups is 1. The number of rotatable bonds is 4. The summed E-state index contributed by atoms with van der Waals surface area (Å²) < 4.78 is 43.6. The minimum atomic E-state index is -3.22. The number of benzene rings is 2. The standard InChI is InChI=1S/C19H15Cl2FN2O4S2/c20-11-1-4-13(5-2-11)28-8-18(25)23-19-24(12-3-6-14(21)15(22)7-12)16-9-30(26,27)10-17(16)29-19/h1-7,16-17H,8-10H2/t16-,17-/m0/s1. The zero-order valence-electron chi connectivity index (χ0n) is 15.3. The summed E-state index contributed by atoms with van der Waals surface area (Å²) in [5, 5.41) is 0.513. The Hall–Kier alpha value is -1.81. The van der Waals surface area contributed by atoms with Gasteiger partial charge in [-0.3, -0.25) is 4.79 Å². The predicted molar refractivity (Wildman–Crippen MR) is 117 cm³/mol. The average molecular weight is 489 g/mol. The molecule has 0 aromatic heterocycles. The molecular weight excluding hydrogens is 474 g/mol. The second kappa shape index (κ2) is 8.37. The van der Waals surface area contributed by atoms with Crippen LogP contribution in [0.25, 0.3) is 0 Å². The Morgan fingerprint density at radius 2 is 1.93 bits per heavy atom. The fourth-order valence-corrected chi connectivity index (χ4v) is 7.49. The van der Waals surface area contributed by atoms with Gasteiger partial charge in [0.2, 0.25) is 0 Å². The molecule has 1 amide bonds. The number of hydrogen-bond donors (Lipinski definition) is 0. The van der Waals surface area contributed by atoms with Gasteiger partial charge in [0.15, 0.2) is 21.6 Å². The van der Waals surface area contributed by atoms with Crippen LogP contribution in [0.4, 0.5) is 10.1 Å². The molecule has 30 heavy (non-hydrogen) atoms. The number of carbonyl (C=O) groups excluding carboxylic acids is 1. The summed E-state index contributed by atoms with van der Waals surface area (Å²) in [6.45, 7) is -0.303. The zero-order chi connectivity index (χ0) is 21.5. The molecule has 0 spiro atoms. The lowest BCUT2D eigenvalue weighted by atomic mass is 10.2. The van der Waals surface area contributed by atoms with Crippen molar-refractivity contribution in [3.8, 4) is 5.75 Å². The van der Waals surface area contributed by atoms with Crippen LogP contribution in [-0.4, -0.2) is 48.9 Å². The molecule has 0 N–H and O–H groups in total. The van der Waals surface area contributed by atoms with Crippen LogP contribution in [0.5, 0.6) is 5.75 Å². The summed E-state index contributed by atoms with van der Waals surface area (Å²) in [4.78, 5) is 18.1. The molecule has 2 aromatic rings. The number of thioether (sulfide) groups is 1. The van der Waals surface area contributed by atoms with Crippen LogP contribution >= 0.6 is 35.0 Å². The monoisotopic (exact) mass is 488 g/mol. The molecule has 6 nitrogen and oxygen atoms in total. The third kappa shape index (κ3) is 4.59. The Balaban J connectivity index is 1.57. The van der Waals surface area contributed by atoms with Crippen LogP contribution in [0.3, 0.4) is 0 Å². The molecular formula is C19H15Cl2FN2O4S2. The van der Waals surface area contributed by atoms with E-state index in [9.17, 15) is 17.6 Å². The van der Waals surface area contributed by atoms with E-state index in [0.717, 1.165) is 0 Å². The maximum Gasteiger partial charge on any atom is 0.285 e. The number of anilines is 1. The summed E-state index contributed by atoms with van der Waals surface area (Å²) in [7, 11) is -3.22. The van der Waals surface area contributed by atoms with Gasteiger partial charge in [0.05, 0.1) is 22.6 Å². The van der Waals surface area contributed by atoms with Gasteiger partial charge in [0.25, 0.3) is 5.91 Å². The van der Waals surface area contributed by atoms with E-state index in [2.05, 4.69) is 4.99 Å². The Morgan fingerprint density at radius 1 is 1.20 bits per heavy atom. The topological polar surface area (TPSA) is 76.0 Å². The third-order valence-corrected chi connectivity index (χ3v) is 8.41. The van der Waals surface area contributed by atoms with Crippen molar-refractivity contribution in [3.05, 3.63) is 58.3 Å². The lowest BCUT2D eigenvalue weighted by Gasteiger charge is -2.24. The molecule has 0 aliphatic carbocycles. The van der Waals surface area contributed by atoms with Crippen molar-refractivity contribution in [2.45, 2.75) is 11.3 Å². The van der Waals surface area contributed by atoms with Crippen LogP contribution in [0.1, 0.15) is 0 Å². The van der Waals surface area contributed by atoms with Gasteiger partial charge in [0, 0.05) is 16.0 Å². The first-order valence-electron chi connectivity index (χ1n) is 8.83. The molecule has 2 heterocycles. The van der Waals surface area contributed by atoms with E-state index in [1.807, 2.05) is 0 Å². The number of nitrogens with zero attached hydrogens (tertiary/aromatic N) is 2. The van der Waals surface area contributed by atoms with Crippen LogP contribution in [0, 0.1) is 5.82 Å². The van der Waals surface area contributed by atoms with Crippen molar-refractivity contribution in [3.63, 3.8) is 0 Å². The van der Waals surface area contributed by atoms with Crippen molar-refractivity contribution in [1.82, 2.24) is 0 Å². The largest absolute Gasteiger partial charge is 0.484 e. The Morgan fingerprint density at radius 3 is 2.63 bits per heavy atom.